The molecule has 32 heavy (non-hydrogen) atoms. The number of piperazine rings is 1. The molecule has 1 saturated heterocycles. The van der Waals surface area contributed by atoms with Crippen molar-refractivity contribution in [1.82, 2.24) is 15.5 Å². The highest BCUT2D eigenvalue weighted by Crippen LogP contribution is 2.44. The van der Waals surface area contributed by atoms with Gasteiger partial charge in [0.15, 0.2) is 11.5 Å². The van der Waals surface area contributed by atoms with Crippen LogP contribution in [0.4, 0.5) is 5.69 Å². The first-order valence-corrected chi connectivity index (χ1v) is 10.3. The van der Waals surface area contributed by atoms with Crippen LogP contribution in [0.5, 0.6) is 28.7 Å². The van der Waals surface area contributed by atoms with Gasteiger partial charge in [-0.1, -0.05) is 0 Å². The minimum Gasteiger partial charge on any atom is -0.497 e. The molecule has 170 valence electrons. The van der Waals surface area contributed by atoms with Crippen molar-refractivity contribution in [2.45, 2.75) is 6.04 Å². The van der Waals surface area contributed by atoms with Gasteiger partial charge in [-0.3, -0.25) is 0 Å². The summed E-state index contributed by atoms with van der Waals surface area (Å²) in [5, 5.41) is 13.1. The van der Waals surface area contributed by atoms with Crippen molar-refractivity contribution in [3.8, 4) is 28.7 Å². The zero-order valence-corrected chi connectivity index (χ0v) is 19.0. The first-order valence-electron chi connectivity index (χ1n) is 10.3. The first-order chi connectivity index (χ1) is 15.6. The zero-order valence-electron chi connectivity index (χ0n) is 19.0. The average molecular weight is 441 g/mol. The molecule has 9 heteroatoms. The Kier molecular flexibility index (Phi) is 6.36. The summed E-state index contributed by atoms with van der Waals surface area (Å²) in [5.41, 5.74) is 2.67. The SMILES string of the molecule is COc1cc(OC)cc(C2CN(c3cnnc4c(OC)c(OC)c(OC)cc34)CCN2)c1. The van der Waals surface area contributed by atoms with E-state index in [1.807, 2.05) is 24.3 Å². The number of methoxy groups -OCH3 is 5. The molecule has 1 aliphatic rings. The number of anilines is 1. The van der Waals surface area contributed by atoms with Crippen LogP contribution in [0.2, 0.25) is 0 Å². The number of hydrogen-bond donors (Lipinski definition) is 1. The van der Waals surface area contributed by atoms with Crippen LogP contribution in [0.25, 0.3) is 10.9 Å². The largest absolute Gasteiger partial charge is 0.497 e. The minimum atomic E-state index is 0.0815. The normalized spacial score (nSPS) is 16.0. The van der Waals surface area contributed by atoms with Gasteiger partial charge in [0.1, 0.15) is 17.0 Å². The lowest BCUT2D eigenvalue weighted by Gasteiger charge is -2.36. The number of hydrogen-bond acceptors (Lipinski definition) is 9. The van der Waals surface area contributed by atoms with E-state index in [1.165, 1.54) is 0 Å². The third kappa shape index (κ3) is 3.91. The van der Waals surface area contributed by atoms with E-state index in [9.17, 15) is 0 Å². The summed E-state index contributed by atoms with van der Waals surface area (Å²) in [6, 6.07) is 7.94. The lowest BCUT2D eigenvalue weighted by molar-refractivity contribution is 0.326. The highest BCUT2D eigenvalue weighted by atomic mass is 16.5. The Hall–Kier alpha value is -3.46. The van der Waals surface area contributed by atoms with E-state index >= 15 is 0 Å². The van der Waals surface area contributed by atoms with Crippen LogP contribution < -0.4 is 33.9 Å². The van der Waals surface area contributed by atoms with E-state index < -0.39 is 0 Å². The van der Waals surface area contributed by atoms with Crippen LogP contribution in [0.15, 0.2) is 30.5 Å². The number of aromatic nitrogens is 2. The molecule has 0 radical (unpaired) electrons. The average Bonchev–Trinajstić information content (AvgIpc) is 2.86. The molecule has 1 aromatic heterocycles. The number of ether oxygens (including phenoxy) is 5. The van der Waals surface area contributed by atoms with Gasteiger partial charge < -0.3 is 33.9 Å². The molecular formula is C23H28N4O5. The maximum absolute atomic E-state index is 5.61. The van der Waals surface area contributed by atoms with Crippen molar-refractivity contribution in [2.75, 3.05) is 60.1 Å². The fraction of sp³-hybridized carbons (Fsp3) is 0.391. The maximum atomic E-state index is 5.61. The van der Waals surface area contributed by atoms with Crippen LogP contribution in [-0.4, -0.2) is 65.4 Å². The fourth-order valence-electron chi connectivity index (χ4n) is 4.12. The smallest absolute Gasteiger partial charge is 0.205 e. The van der Waals surface area contributed by atoms with Gasteiger partial charge in [0.2, 0.25) is 5.75 Å². The van der Waals surface area contributed by atoms with E-state index in [1.54, 1.807) is 41.7 Å². The Morgan fingerprint density at radius 1 is 0.875 bits per heavy atom. The van der Waals surface area contributed by atoms with Crippen LogP contribution in [0.1, 0.15) is 11.6 Å². The van der Waals surface area contributed by atoms with E-state index in [-0.39, 0.29) is 6.04 Å². The van der Waals surface area contributed by atoms with Crippen LogP contribution >= 0.6 is 0 Å². The quantitative estimate of drug-likeness (QED) is 0.596. The Labute approximate surface area is 187 Å². The summed E-state index contributed by atoms with van der Waals surface area (Å²) in [4.78, 5) is 2.29. The highest BCUT2D eigenvalue weighted by molar-refractivity contribution is 5.98. The number of rotatable bonds is 7. The van der Waals surface area contributed by atoms with Gasteiger partial charge in [-0.2, -0.15) is 5.10 Å². The molecule has 4 rings (SSSR count). The molecule has 1 fully saturated rings. The predicted molar refractivity (Wildman–Crippen MR) is 122 cm³/mol. The second-order valence-electron chi connectivity index (χ2n) is 7.37. The summed E-state index contributed by atoms with van der Waals surface area (Å²) >= 11 is 0. The molecule has 1 aliphatic heterocycles. The van der Waals surface area contributed by atoms with Gasteiger partial charge in [-0.05, 0) is 23.8 Å². The summed E-state index contributed by atoms with van der Waals surface area (Å²) < 4.78 is 27.6. The van der Waals surface area contributed by atoms with E-state index in [0.717, 1.165) is 47.8 Å². The Bertz CT molecular complexity index is 1090. The lowest BCUT2D eigenvalue weighted by atomic mass is 10.0. The molecule has 2 aromatic carbocycles. The summed E-state index contributed by atoms with van der Waals surface area (Å²) in [6.45, 7) is 2.35. The van der Waals surface area contributed by atoms with Gasteiger partial charge in [-0.15, -0.1) is 5.10 Å². The van der Waals surface area contributed by atoms with Crippen LogP contribution in [-0.2, 0) is 0 Å². The van der Waals surface area contributed by atoms with Crippen molar-refractivity contribution in [1.29, 1.82) is 0 Å². The molecule has 0 aliphatic carbocycles. The second kappa shape index (κ2) is 9.35. The standard InChI is InChI=1S/C23H28N4O5/c1-28-15-8-14(9-16(10-15)29-2)18-13-27(7-6-24-18)19-12-25-26-21-17(19)11-20(30-3)22(31-4)23(21)32-5/h8-12,18,24H,6-7,13H2,1-5H3. The van der Waals surface area contributed by atoms with Crippen LogP contribution in [0.3, 0.4) is 0 Å². The van der Waals surface area contributed by atoms with Crippen molar-refractivity contribution in [2.24, 2.45) is 0 Å². The van der Waals surface area contributed by atoms with E-state index in [4.69, 9.17) is 23.7 Å². The lowest BCUT2D eigenvalue weighted by Crippen LogP contribution is -2.46. The third-order valence-corrected chi connectivity index (χ3v) is 5.71. The summed E-state index contributed by atoms with van der Waals surface area (Å²) in [5.74, 6) is 3.10. The molecule has 1 N–H and O–H groups in total. The Balaban J connectivity index is 1.75. The molecule has 0 amide bonds. The fourth-order valence-corrected chi connectivity index (χ4v) is 4.12. The number of nitrogens with one attached hydrogen (secondary N) is 1. The Morgan fingerprint density at radius 2 is 1.59 bits per heavy atom. The maximum Gasteiger partial charge on any atom is 0.205 e. The van der Waals surface area contributed by atoms with Gasteiger partial charge >= 0.3 is 0 Å². The number of benzene rings is 2. The molecule has 1 atom stereocenters. The van der Waals surface area contributed by atoms with Crippen molar-refractivity contribution in [3.05, 3.63) is 36.0 Å². The Morgan fingerprint density at radius 3 is 2.22 bits per heavy atom. The molecule has 3 aromatic rings. The molecule has 9 nitrogen and oxygen atoms in total. The van der Waals surface area contributed by atoms with Gasteiger partial charge in [0.25, 0.3) is 0 Å². The second-order valence-corrected chi connectivity index (χ2v) is 7.37. The van der Waals surface area contributed by atoms with Crippen molar-refractivity contribution in [3.63, 3.8) is 0 Å². The summed E-state index contributed by atoms with van der Waals surface area (Å²) in [7, 11) is 8.08. The summed E-state index contributed by atoms with van der Waals surface area (Å²) in [6.07, 6.45) is 1.78. The van der Waals surface area contributed by atoms with Crippen molar-refractivity contribution >= 4 is 16.6 Å². The molecule has 0 bridgehead atoms. The highest BCUT2D eigenvalue weighted by Gasteiger charge is 2.26. The number of nitrogens with zero attached hydrogens (tertiary/aromatic N) is 3. The van der Waals surface area contributed by atoms with Crippen molar-refractivity contribution < 1.29 is 23.7 Å². The molecule has 2 heterocycles. The number of fused-ring (bicyclic) bond motifs is 1. The molecule has 0 spiro atoms. The van der Waals surface area contributed by atoms with E-state index in [0.29, 0.717) is 22.8 Å². The van der Waals surface area contributed by atoms with Gasteiger partial charge in [0.05, 0.1) is 53.5 Å². The zero-order chi connectivity index (χ0) is 22.7. The van der Waals surface area contributed by atoms with Crippen LogP contribution in [0, 0.1) is 0 Å². The van der Waals surface area contributed by atoms with Gasteiger partial charge in [-0.25, -0.2) is 0 Å². The van der Waals surface area contributed by atoms with E-state index in [2.05, 4.69) is 20.4 Å². The monoisotopic (exact) mass is 440 g/mol. The third-order valence-electron chi connectivity index (χ3n) is 5.71. The topological polar surface area (TPSA) is 87.2 Å². The minimum absolute atomic E-state index is 0.0815. The molecular weight excluding hydrogens is 412 g/mol. The first kappa shape index (κ1) is 21.8. The van der Waals surface area contributed by atoms with Gasteiger partial charge in [0, 0.05) is 31.1 Å². The predicted octanol–water partition coefficient (Wildman–Crippen LogP) is 2.82. The molecule has 0 saturated carbocycles. The molecule has 1 unspecified atom stereocenters.